The first-order valence-corrected chi connectivity index (χ1v) is 9.09. The first-order chi connectivity index (χ1) is 12.1. The maximum atomic E-state index is 13.1. The summed E-state index contributed by atoms with van der Waals surface area (Å²) >= 11 is 1.51. The molecule has 25 heavy (non-hydrogen) atoms. The van der Waals surface area contributed by atoms with Gasteiger partial charge in [-0.3, -0.25) is 14.5 Å². The van der Waals surface area contributed by atoms with Crippen molar-refractivity contribution in [2.24, 2.45) is 0 Å². The van der Waals surface area contributed by atoms with Crippen molar-refractivity contribution in [1.29, 1.82) is 0 Å². The number of carbonyl (C=O) groups is 2. The van der Waals surface area contributed by atoms with Gasteiger partial charge in [-0.25, -0.2) is 0 Å². The summed E-state index contributed by atoms with van der Waals surface area (Å²) in [4.78, 5) is 26.5. The molecule has 1 N–H and O–H groups in total. The van der Waals surface area contributed by atoms with Crippen molar-refractivity contribution in [1.82, 2.24) is 0 Å². The van der Waals surface area contributed by atoms with Crippen LogP contribution in [0.1, 0.15) is 17.5 Å². The Hall–Kier alpha value is -2.47. The first-order valence-electron chi connectivity index (χ1n) is 8.10. The number of nitrogens with one attached hydrogen (secondary N) is 1. The molecule has 0 saturated carbocycles. The van der Waals surface area contributed by atoms with E-state index in [-0.39, 0.29) is 11.8 Å². The van der Waals surface area contributed by atoms with Crippen molar-refractivity contribution in [3.05, 3.63) is 53.6 Å². The number of methoxy groups -OCH3 is 1. The zero-order chi connectivity index (χ0) is 17.6. The molecular formula is C19H18N2O3S. The molecule has 2 aromatic carbocycles. The quantitative estimate of drug-likeness (QED) is 0.899. The molecule has 2 aromatic rings. The van der Waals surface area contributed by atoms with E-state index in [9.17, 15) is 9.59 Å². The number of anilines is 2. The maximum Gasteiger partial charge on any atom is 0.266 e. The number of thioether (sulfide) groups is 1. The number of hydrogen-bond donors (Lipinski definition) is 1. The Morgan fingerprint density at radius 1 is 1.16 bits per heavy atom. The topological polar surface area (TPSA) is 58.6 Å². The Bertz CT molecular complexity index is 865. The van der Waals surface area contributed by atoms with Gasteiger partial charge in [0.15, 0.2) is 0 Å². The van der Waals surface area contributed by atoms with Gasteiger partial charge in [0.2, 0.25) is 10.8 Å². The number of ether oxygens (including phenoxy) is 1. The molecule has 1 fully saturated rings. The highest BCUT2D eigenvalue weighted by atomic mass is 32.2. The molecule has 2 aliphatic rings. The van der Waals surface area contributed by atoms with Gasteiger partial charge >= 0.3 is 0 Å². The van der Waals surface area contributed by atoms with Crippen molar-refractivity contribution in [3.63, 3.8) is 0 Å². The summed E-state index contributed by atoms with van der Waals surface area (Å²) < 4.78 is 5.21. The summed E-state index contributed by atoms with van der Waals surface area (Å²) in [6.45, 7) is 1.96. The third-order valence-electron chi connectivity index (χ3n) is 4.71. The second-order valence-electron chi connectivity index (χ2n) is 6.12. The molecule has 2 amide bonds. The third kappa shape index (κ3) is 2.24. The number of para-hydroxylation sites is 1. The van der Waals surface area contributed by atoms with E-state index in [1.165, 1.54) is 11.8 Å². The molecule has 0 bridgehead atoms. The predicted octanol–water partition coefficient (Wildman–Crippen LogP) is 3.28. The molecule has 2 heterocycles. The Balaban J connectivity index is 1.91. The molecule has 0 radical (unpaired) electrons. The van der Waals surface area contributed by atoms with Gasteiger partial charge in [0.25, 0.3) is 5.91 Å². The zero-order valence-electron chi connectivity index (χ0n) is 14.0. The van der Waals surface area contributed by atoms with Gasteiger partial charge < -0.3 is 10.1 Å². The third-order valence-corrected chi connectivity index (χ3v) is 6.12. The highest BCUT2D eigenvalue weighted by Crippen LogP contribution is 2.53. The number of fused-ring (bicyclic) bond motifs is 2. The van der Waals surface area contributed by atoms with E-state index in [4.69, 9.17) is 4.74 Å². The van der Waals surface area contributed by atoms with E-state index in [0.717, 1.165) is 16.8 Å². The monoisotopic (exact) mass is 354 g/mol. The lowest BCUT2D eigenvalue weighted by atomic mass is 10.0. The Kier molecular flexibility index (Phi) is 3.72. The summed E-state index contributed by atoms with van der Waals surface area (Å²) in [6.07, 6.45) is 0.410. The molecule has 1 saturated heterocycles. The zero-order valence-corrected chi connectivity index (χ0v) is 14.9. The summed E-state index contributed by atoms with van der Waals surface area (Å²) in [6, 6.07) is 13.1. The van der Waals surface area contributed by atoms with Crippen molar-refractivity contribution in [3.8, 4) is 5.75 Å². The minimum absolute atomic E-state index is 0.0478. The molecule has 1 unspecified atom stereocenters. The SMILES string of the molecule is COc1ccc(N2C(=O)CCSC23C(=O)Nc2c(C)cccc23)cc1. The summed E-state index contributed by atoms with van der Waals surface area (Å²) in [5.41, 5.74) is 3.36. The van der Waals surface area contributed by atoms with E-state index < -0.39 is 4.87 Å². The van der Waals surface area contributed by atoms with Crippen LogP contribution in [0.4, 0.5) is 11.4 Å². The fourth-order valence-electron chi connectivity index (χ4n) is 3.50. The summed E-state index contributed by atoms with van der Waals surface area (Å²) in [7, 11) is 1.60. The molecule has 0 aliphatic carbocycles. The number of rotatable bonds is 2. The lowest BCUT2D eigenvalue weighted by Gasteiger charge is -2.42. The molecule has 128 valence electrons. The van der Waals surface area contributed by atoms with E-state index in [2.05, 4.69) is 5.32 Å². The molecule has 5 nitrogen and oxygen atoms in total. The van der Waals surface area contributed by atoms with Crippen LogP contribution < -0.4 is 15.0 Å². The first kappa shape index (κ1) is 16.0. The molecular weight excluding hydrogens is 336 g/mol. The lowest BCUT2D eigenvalue weighted by Crippen LogP contribution is -2.54. The minimum atomic E-state index is -1.05. The van der Waals surface area contributed by atoms with Crippen molar-refractivity contribution < 1.29 is 14.3 Å². The van der Waals surface area contributed by atoms with Crippen molar-refractivity contribution in [2.45, 2.75) is 18.2 Å². The van der Waals surface area contributed by atoms with Crippen LogP contribution in [0.5, 0.6) is 5.75 Å². The standard InChI is InChI=1S/C19H18N2O3S/c1-12-4-3-5-15-17(12)20-18(23)19(15)21(16(22)10-11-25-19)13-6-8-14(24-2)9-7-13/h3-9H,10-11H2,1-2H3,(H,20,23). The number of amides is 2. The van der Waals surface area contributed by atoms with Gasteiger partial charge in [0.1, 0.15) is 5.75 Å². The maximum absolute atomic E-state index is 13.1. The minimum Gasteiger partial charge on any atom is -0.497 e. The van der Waals surface area contributed by atoms with Gasteiger partial charge in [-0.2, -0.15) is 0 Å². The van der Waals surface area contributed by atoms with Gasteiger partial charge in [-0.05, 0) is 36.8 Å². The van der Waals surface area contributed by atoms with Crippen LogP contribution in [-0.4, -0.2) is 24.7 Å². The summed E-state index contributed by atoms with van der Waals surface area (Å²) in [5.74, 6) is 1.12. The normalized spacial score (nSPS) is 22.1. The van der Waals surface area contributed by atoms with Crippen LogP contribution >= 0.6 is 11.8 Å². The average Bonchev–Trinajstić information content (AvgIpc) is 2.90. The highest BCUT2D eigenvalue weighted by molar-refractivity contribution is 8.01. The van der Waals surface area contributed by atoms with Crippen molar-refractivity contribution >= 4 is 35.0 Å². The summed E-state index contributed by atoms with van der Waals surface area (Å²) in [5, 5.41) is 2.99. The molecule has 1 spiro atoms. The number of carbonyl (C=O) groups excluding carboxylic acids is 2. The van der Waals surface area contributed by atoms with Crippen molar-refractivity contribution in [2.75, 3.05) is 23.1 Å². The fourth-order valence-corrected chi connectivity index (χ4v) is 4.91. The lowest BCUT2D eigenvalue weighted by molar-refractivity contribution is -0.124. The highest BCUT2D eigenvalue weighted by Gasteiger charge is 2.56. The molecule has 1 atom stereocenters. The van der Waals surface area contributed by atoms with Crippen LogP contribution in [0.15, 0.2) is 42.5 Å². The fraction of sp³-hybridized carbons (Fsp3) is 0.263. The number of hydrogen-bond acceptors (Lipinski definition) is 4. The Labute approximate surface area is 150 Å². The number of nitrogens with zero attached hydrogens (tertiary/aromatic N) is 1. The molecule has 2 aliphatic heterocycles. The average molecular weight is 354 g/mol. The van der Waals surface area contributed by atoms with E-state index in [1.54, 1.807) is 24.1 Å². The van der Waals surface area contributed by atoms with E-state index in [1.807, 2.05) is 37.3 Å². The van der Waals surface area contributed by atoms with E-state index in [0.29, 0.717) is 23.6 Å². The second-order valence-corrected chi connectivity index (χ2v) is 7.41. The van der Waals surface area contributed by atoms with E-state index >= 15 is 0 Å². The van der Waals surface area contributed by atoms with Crippen LogP contribution in [0.3, 0.4) is 0 Å². The van der Waals surface area contributed by atoms with Crippen LogP contribution in [0.25, 0.3) is 0 Å². The van der Waals surface area contributed by atoms with Gasteiger partial charge in [-0.1, -0.05) is 18.2 Å². The molecule has 6 heteroatoms. The van der Waals surface area contributed by atoms with Gasteiger partial charge in [0, 0.05) is 23.4 Å². The largest absolute Gasteiger partial charge is 0.497 e. The number of benzene rings is 2. The Morgan fingerprint density at radius 3 is 2.64 bits per heavy atom. The van der Waals surface area contributed by atoms with Crippen LogP contribution in [0, 0.1) is 6.92 Å². The second kappa shape index (κ2) is 5.81. The van der Waals surface area contributed by atoms with Gasteiger partial charge in [0.05, 0.1) is 12.8 Å². The van der Waals surface area contributed by atoms with Gasteiger partial charge in [-0.15, -0.1) is 11.8 Å². The Morgan fingerprint density at radius 2 is 1.92 bits per heavy atom. The number of aryl methyl sites for hydroxylation is 1. The van der Waals surface area contributed by atoms with Crippen LogP contribution in [-0.2, 0) is 14.5 Å². The smallest absolute Gasteiger partial charge is 0.266 e. The van der Waals surface area contributed by atoms with Crippen LogP contribution in [0.2, 0.25) is 0 Å². The molecule has 4 rings (SSSR count). The molecule has 0 aromatic heterocycles. The predicted molar refractivity (Wildman–Crippen MR) is 99.0 cm³/mol.